The van der Waals surface area contributed by atoms with Crippen LogP contribution in [0.4, 0.5) is 0 Å². The second-order valence-electron chi connectivity index (χ2n) is 8.68. The van der Waals surface area contributed by atoms with E-state index >= 15 is 0 Å². The van der Waals surface area contributed by atoms with E-state index in [4.69, 9.17) is 14.0 Å². The normalized spacial score (nSPS) is 16.3. The third-order valence-corrected chi connectivity index (χ3v) is 6.18. The first-order valence-electron chi connectivity index (χ1n) is 11.7. The Hall–Kier alpha value is -3.39. The van der Waals surface area contributed by atoms with E-state index in [1.165, 1.54) is 11.1 Å². The summed E-state index contributed by atoms with van der Waals surface area (Å²) in [5, 5.41) is 7.23. The summed E-state index contributed by atoms with van der Waals surface area (Å²) in [5.41, 5.74) is 3.27. The zero-order valence-corrected chi connectivity index (χ0v) is 20.0. The second-order valence-corrected chi connectivity index (χ2v) is 8.68. The van der Waals surface area contributed by atoms with E-state index in [1.807, 2.05) is 18.2 Å². The van der Waals surface area contributed by atoms with Gasteiger partial charge in [-0.2, -0.15) is 4.98 Å². The highest BCUT2D eigenvalue weighted by Gasteiger charge is 2.26. The largest absolute Gasteiger partial charge is 0.493 e. The molecule has 1 saturated heterocycles. The van der Waals surface area contributed by atoms with E-state index in [0.717, 1.165) is 31.4 Å². The third-order valence-electron chi connectivity index (χ3n) is 6.18. The van der Waals surface area contributed by atoms with Crippen molar-refractivity contribution in [2.75, 3.05) is 33.9 Å². The van der Waals surface area contributed by atoms with E-state index in [-0.39, 0.29) is 11.8 Å². The highest BCUT2D eigenvalue weighted by molar-refractivity contribution is 5.79. The Bertz CT molecular complexity index is 1100. The summed E-state index contributed by atoms with van der Waals surface area (Å²) in [5.74, 6) is 2.38. The molecule has 0 aliphatic carbocycles. The lowest BCUT2D eigenvalue weighted by Gasteiger charge is -2.30. The lowest BCUT2D eigenvalue weighted by molar-refractivity contribution is -0.126. The van der Waals surface area contributed by atoms with Crippen LogP contribution in [0.3, 0.4) is 0 Å². The molecule has 0 unspecified atom stereocenters. The van der Waals surface area contributed by atoms with Crippen LogP contribution < -0.4 is 14.8 Å². The maximum absolute atomic E-state index is 12.7. The van der Waals surface area contributed by atoms with Crippen LogP contribution in [0.5, 0.6) is 11.5 Å². The second kappa shape index (κ2) is 11.2. The molecule has 3 aromatic rings. The van der Waals surface area contributed by atoms with Crippen molar-refractivity contribution in [3.63, 3.8) is 0 Å². The number of hydrogen-bond acceptors (Lipinski definition) is 7. The van der Waals surface area contributed by atoms with Gasteiger partial charge in [-0.3, -0.25) is 9.69 Å². The predicted molar refractivity (Wildman–Crippen MR) is 129 cm³/mol. The van der Waals surface area contributed by atoms with Gasteiger partial charge in [-0.1, -0.05) is 35.0 Å². The molecule has 1 aliphatic rings. The first kappa shape index (κ1) is 23.8. The van der Waals surface area contributed by atoms with Gasteiger partial charge in [0.2, 0.25) is 17.6 Å². The summed E-state index contributed by atoms with van der Waals surface area (Å²) in [6.07, 6.45) is 2.70. The lowest BCUT2D eigenvalue weighted by Crippen LogP contribution is -2.43. The Morgan fingerprint density at radius 1 is 1.15 bits per heavy atom. The maximum atomic E-state index is 12.7. The number of rotatable bonds is 9. The molecule has 1 aromatic heterocycles. The first-order chi connectivity index (χ1) is 16.6. The molecule has 1 aliphatic heterocycles. The number of ether oxygens (including phenoxy) is 2. The van der Waals surface area contributed by atoms with Gasteiger partial charge in [0.25, 0.3) is 0 Å². The zero-order valence-electron chi connectivity index (χ0n) is 20.0. The van der Waals surface area contributed by atoms with Gasteiger partial charge < -0.3 is 19.3 Å². The van der Waals surface area contributed by atoms with E-state index in [1.54, 1.807) is 14.2 Å². The van der Waals surface area contributed by atoms with Crippen LogP contribution in [0, 0.1) is 12.8 Å². The Labute approximate surface area is 200 Å². The van der Waals surface area contributed by atoms with Gasteiger partial charge in [0.05, 0.1) is 26.7 Å². The summed E-state index contributed by atoms with van der Waals surface area (Å²) in [6.45, 7) is 4.83. The van der Waals surface area contributed by atoms with Crippen molar-refractivity contribution < 1.29 is 18.8 Å². The van der Waals surface area contributed by atoms with Crippen LogP contribution in [0.1, 0.15) is 29.9 Å². The highest BCUT2D eigenvalue weighted by Crippen LogP contribution is 2.31. The summed E-state index contributed by atoms with van der Waals surface area (Å²) in [6, 6.07) is 13.9. The molecule has 8 heteroatoms. The molecule has 0 saturated carbocycles. The minimum absolute atomic E-state index is 0.0278. The lowest BCUT2D eigenvalue weighted by atomic mass is 9.97. The van der Waals surface area contributed by atoms with Crippen LogP contribution in [0.25, 0.3) is 11.4 Å². The molecule has 180 valence electrons. The number of benzene rings is 2. The minimum atomic E-state index is -0.0278. The van der Waals surface area contributed by atoms with Gasteiger partial charge in [0.1, 0.15) is 0 Å². The summed E-state index contributed by atoms with van der Waals surface area (Å²) >= 11 is 0. The van der Waals surface area contributed by atoms with Crippen molar-refractivity contribution in [1.29, 1.82) is 0 Å². The van der Waals surface area contributed by atoms with Crippen molar-refractivity contribution >= 4 is 5.91 Å². The quantitative estimate of drug-likeness (QED) is 0.517. The van der Waals surface area contributed by atoms with Gasteiger partial charge >= 0.3 is 0 Å². The van der Waals surface area contributed by atoms with E-state index in [2.05, 4.69) is 51.5 Å². The molecule has 2 aromatic carbocycles. The number of carbonyl (C=O) groups is 1. The monoisotopic (exact) mass is 464 g/mol. The number of aromatic nitrogens is 2. The average molecular weight is 465 g/mol. The standard InChI is InChI=1S/C26H32N4O4/c1-18-6-8-19(9-7-18)12-13-27-26(31)21-5-4-14-30(16-21)17-24-28-25(29-34-24)20-10-11-22(32-2)23(15-20)33-3/h6-11,15,21H,4-5,12-14,16-17H2,1-3H3,(H,27,31)/t21-/m0/s1. The summed E-state index contributed by atoms with van der Waals surface area (Å²) in [4.78, 5) is 19.5. The molecule has 0 spiro atoms. The molecule has 4 rings (SSSR count). The fraction of sp³-hybridized carbons (Fsp3) is 0.423. The number of nitrogens with zero attached hydrogens (tertiary/aromatic N) is 3. The number of amides is 1. The fourth-order valence-electron chi connectivity index (χ4n) is 4.25. The van der Waals surface area contributed by atoms with Crippen LogP contribution in [-0.4, -0.2) is 54.8 Å². The van der Waals surface area contributed by atoms with Gasteiger partial charge in [0, 0.05) is 18.7 Å². The van der Waals surface area contributed by atoms with Crippen molar-refractivity contribution in [1.82, 2.24) is 20.4 Å². The van der Waals surface area contributed by atoms with Crippen molar-refractivity contribution in [3.8, 4) is 22.9 Å². The molecule has 0 radical (unpaired) electrons. The molecule has 1 N–H and O–H groups in total. The molecule has 2 heterocycles. The maximum Gasteiger partial charge on any atom is 0.241 e. The predicted octanol–water partition coefficient (Wildman–Crippen LogP) is 3.63. The average Bonchev–Trinajstić information content (AvgIpc) is 3.33. The van der Waals surface area contributed by atoms with Gasteiger partial charge in [0.15, 0.2) is 11.5 Å². The molecule has 1 atom stereocenters. The van der Waals surface area contributed by atoms with Gasteiger partial charge in [-0.15, -0.1) is 0 Å². The topological polar surface area (TPSA) is 89.7 Å². The number of piperidine rings is 1. The molecular weight excluding hydrogens is 432 g/mol. The van der Waals surface area contributed by atoms with E-state index in [9.17, 15) is 4.79 Å². The van der Waals surface area contributed by atoms with Crippen molar-refractivity contribution in [2.45, 2.75) is 32.7 Å². The Morgan fingerprint density at radius 2 is 1.94 bits per heavy atom. The third kappa shape index (κ3) is 5.94. The number of carbonyl (C=O) groups excluding carboxylic acids is 1. The number of nitrogens with one attached hydrogen (secondary N) is 1. The van der Waals surface area contributed by atoms with E-state index in [0.29, 0.717) is 42.8 Å². The smallest absolute Gasteiger partial charge is 0.241 e. The number of hydrogen-bond donors (Lipinski definition) is 1. The fourth-order valence-corrected chi connectivity index (χ4v) is 4.25. The molecular formula is C26H32N4O4. The molecule has 0 bridgehead atoms. The Kier molecular flexibility index (Phi) is 7.80. The van der Waals surface area contributed by atoms with Crippen molar-refractivity contribution in [2.24, 2.45) is 5.92 Å². The minimum Gasteiger partial charge on any atom is -0.493 e. The SMILES string of the molecule is COc1ccc(-c2noc(CN3CCC[C@H](C(=O)NCCc4ccc(C)cc4)C3)n2)cc1OC. The number of methoxy groups -OCH3 is 2. The van der Waals surface area contributed by atoms with Gasteiger partial charge in [-0.25, -0.2) is 0 Å². The van der Waals surface area contributed by atoms with Crippen LogP contribution >= 0.6 is 0 Å². The molecule has 8 nitrogen and oxygen atoms in total. The van der Waals surface area contributed by atoms with Gasteiger partial charge in [-0.05, 0) is 56.5 Å². The van der Waals surface area contributed by atoms with Crippen LogP contribution in [0.15, 0.2) is 47.0 Å². The number of likely N-dealkylation sites (tertiary alicyclic amines) is 1. The Balaban J connectivity index is 1.29. The van der Waals surface area contributed by atoms with Crippen molar-refractivity contribution in [3.05, 3.63) is 59.5 Å². The summed E-state index contributed by atoms with van der Waals surface area (Å²) < 4.78 is 16.1. The van der Waals surface area contributed by atoms with E-state index < -0.39 is 0 Å². The van der Waals surface area contributed by atoms with Crippen LogP contribution in [-0.2, 0) is 17.8 Å². The first-order valence-corrected chi connectivity index (χ1v) is 11.7. The highest BCUT2D eigenvalue weighted by atomic mass is 16.5. The van der Waals surface area contributed by atoms with Crippen LogP contribution in [0.2, 0.25) is 0 Å². The molecule has 1 fully saturated rings. The molecule has 1 amide bonds. The zero-order chi connectivity index (χ0) is 23.9. The molecule has 34 heavy (non-hydrogen) atoms. The Morgan fingerprint density at radius 3 is 2.71 bits per heavy atom. The number of aryl methyl sites for hydroxylation is 1. The summed E-state index contributed by atoms with van der Waals surface area (Å²) in [7, 11) is 3.19.